The number of rotatable bonds is 3. The van der Waals surface area contributed by atoms with E-state index in [1.54, 1.807) is 7.11 Å². The van der Waals surface area contributed by atoms with Crippen LogP contribution < -0.4 is 4.74 Å². The van der Waals surface area contributed by atoms with Crippen molar-refractivity contribution in [1.29, 1.82) is 5.26 Å². The van der Waals surface area contributed by atoms with Gasteiger partial charge in [0.15, 0.2) is 0 Å². The van der Waals surface area contributed by atoms with Crippen molar-refractivity contribution in [2.24, 2.45) is 0 Å². The first-order valence-electron chi connectivity index (χ1n) is 6.19. The fourth-order valence-corrected chi connectivity index (χ4v) is 2.35. The van der Waals surface area contributed by atoms with Gasteiger partial charge in [-0.25, -0.2) is 0 Å². The van der Waals surface area contributed by atoms with Crippen molar-refractivity contribution in [1.82, 2.24) is 4.90 Å². The highest BCUT2D eigenvalue weighted by Gasteiger charge is 2.29. The molecule has 96 valence electrons. The number of benzene rings is 1. The molecule has 2 atom stereocenters. The quantitative estimate of drug-likeness (QED) is 0.879. The van der Waals surface area contributed by atoms with Crippen molar-refractivity contribution in [2.45, 2.75) is 31.5 Å². The lowest BCUT2D eigenvalue weighted by Crippen LogP contribution is -2.46. The van der Waals surface area contributed by atoms with Crippen LogP contribution >= 0.6 is 0 Å². The minimum atomic E-state index is -0.526. The molecule has 0 aromatic heterocycles. The van der Waals surface area contributed by atoms with Gasteiger partial charge in [-0.3, -0.25) is 4.90 Å². The molecular weight excluding hydrogens is 228 g/mol. The summed E-state index contributed by atoms with van der Waals surface area (Å²) in [4.78, 5) is 2.04. The molecule has 1 aromatic rings. The molecule has 1 aliphatic heterocycles. The van der Waals surface area contributed by atoms with Gasteiger partial charge in [0.25, 0.3) is 0 Å². The first-order chi connectivity index (χ1) is 8.74. The summed E-state index contributed by atoms with van der Waals surface area (Å²) in [6, 6.07) is 9.63. The Balaban J connectivity index is 2.05. The molecule has 1 aliphatic rings. The summed E-state index contributed by atoms with van der Waals surface area (Å²) in [5.74, 6) is 0.828. The van der Waals surface area contributed by atoms with Crippen LogP contribution in [-0.2, 0) is 6.54 Å². The number of hydrogen-bond donors (Lipinski definition) is 1. The van der Waals surface area contributed by atoms with Crippen LogP contribution in [0.2, 0.25) is 0 Å². The second-order valence-corrected chi connectivity index (χ2v) is 4.60. The van der Waals surface area contributed by atoms with E-state index >= 15 is 0 Å². The summed E-state index contributed by atoms with van der Waals surface area (Å²) >= 11 is 0. The maximum absolute atomic E-state index is 9.82. The third kappa shape index (κ3) is 2.81. The highest BCUT2D eigenvalue weighted by molar-refractivity contribution is 5.27. The molecule has 2 rings (SSSR count). The Morgan fingerprint density at radius 1 is 1.44 bits per heavy atom. The van der Waals surface area contributed by atoms with Crippen molar-refractivity contribution in [3.8, 4) is 11.8 Å². The predicted octanol–water partition coefficient (Wildman–Crippen LogP) is 1.54. The second-order valence-electron chi connectivity index (χ2n) is 4.60. The van der Waals surface area contributed by atoms with Gasteiger partial charge < -0.3 is 9.84 Å². The van der Waals surface area contributed by atoms with Gasteiger partial charge in [0.1, 0.15) is 11.8 Å². The Kier molecular flexibility index (Phi) is 4.19. The van der Waals surface area contributed by atoms with Gasteiger partial charge in [0.05, 0.1) is 19.3 Å². The van der Waals surface area contributed by atoms with Crippen molar-refractivity contribution in [3.05, 3.63) is 29.8 Å². The summed E-state index contributed by atoms with van der Waals surface area (Å²) in [5.41, 5.74) is 1.13. The lowest BCUT2D eigenvalue weighted by Gasteiger charge is -2.34. The smallest absolute Gasteiger partial charge is 0.124 e. The average molecular weight is 246 g/mol. The number of piperidine rings is 1. The molecule has 1 N–H and O–H groups in total. The van der Waals surface area contributed by atoms with E-state index in [1.807, 2.05) is 29.2 Å². The number of aliphatic hydroxyl groups is 1. The second kappa shape index (κ2) is 5.85. The molecular formula is C14H18N2O2. The van der Waals surface area contributed by atoms with E-state index in [4.69, 9.17) is 10.00 Å². The third-order valence-corrected chi connectivity index (χ3v) is 3.38. The minimum Gasteiger partial charge on any atom is -0.497 e. The zero-order valence-electron chi connectivity index (χ0n) is 10.5. The molecule has 0 bridgehead atoms. The molecule has 1 saturated heterocycles. The molecule has 18 heavy (non-hydrogen) atoms. The van der Waals surface area contributed by atoms with Gasteiger partial charge >= 0.3 is 0 Å². The molecule has 0 aliphatic carbocycles. The highest BCUT2D eigenvalue weighted by atomic mass is 16.5. The number of methoxy groups -OCH3 is 1. The van der Waals surface area contributed by atoms with Crippen LogP contribution in [0.25, 0.3) is 0 Å². The number of ether oxygens (including phenoxy) is 1. The molecule has 0 unspecified atom stereocenters. The summed E-state index contributed by atoms with van der Waals surface area (Å²) in [5, 5.41) is 18.9. The number of hydrogen-bond acceptors (Lipinski definition) is 4. The SMILES string of the molecule is COc1ccc(CN2CCC[C@H](O)[C@H]2C#N)cc1. The lowest BCUT2D eigenvalue weighted by atomic mass is 9.99. The Labute approximate surface area is 107 Å². The van der Waals surface area contributed by atoms with E-state index in [1.165, 1.54) is 0 Å². The van der Waals surface area contributed by atoms with Crippen molar-refractivity contribution in [3.63, 3.8) is 0 Å². The molecule has 4 nitrogen and oxygen atoms in total. The lowest BCUT2D eigenvalue weighted by molar-refractivity contribution is 0.0331. The number of aliphatic hydroxyl groups excluding tert-OH is 1. The van der Waals surface area contributed by atoms with Crippen LogP contribution in [0.3, 0.4) is 0 Å². The van der Waals surface area contributed by atoms with E-state index in [0.29, 0.717) is 6.54 Å². The normalized spacial score (nSPS) is 24.5. The van der Waals surface area contributed by atoms with Crippen molar-refractivity contribution < 1.29 is 9.84 Å². The van der Waals surface area contributed by atoms with Crippen LogP contribution in [0, 0.1) is 11.3 Å². The van der Waals surface area contributed by atoms with Crippen molar-refractivity contribution in [2.75, 3.05) is 13.7 Å². The van der Waals surface area contributed by atoms with Crippen LogP contribution in [-0.4, -0.2) is 35.8 Å². The van der Waals surface area contributed by atoms with Crippen LogP contribution in [0.1, 0.15) is 18.4 Å². The van der Waals surface area contributed by atoms with E-state index < -0.39 is 6.10 Å². The minimum absolute atomic E-state index is 0.388. The zero-order valence-corrected chi connectivity index (χ0v) is 10.5. The van der Waals surface area contributed by atoms with Crippen molar-refractivity contribution >= 4 is 0 Å². The topological polar surface area (TPSA) is 56.5 Å². The van der Waals surface area contributed by atoms with Crippen LogP contribution in [0.4, 0.5) is 0 Å². The summed E-state index contributed by atoms with van der Waals surface area (Å²) in [6.07, 6.45) is 1.13. The van der Waals surface area contributed by atoms with Gasteiger partial charge in [0.2, 0.25) is 0 Å². The zero-order chi connectivity index (χ0) is 13.0. The van der Waals surface area contributed by atoms with E-state index in [9.17, 15) is 5.11 Å². The number of nitrogens with zero attached hydrogens (tertiary/aromatic N) is 2. The molecule has 0 spiro atoms. The third-order valence-electron chi connectivity index (χ3n) is 3.38. The Morgan fingerprint density at radius 2 is 2.17 bits per heavy atom. The van der Waals surface area contributed by atoms with Crippen LogP contribution in [0.5, 0.6) is 5.75 Å². The Bertz CT molecular complexity index is 424. The van der Waals surface area contributed by atoms with Gasteiger partial charge in [-0.05, 0) is 37.1 Å². The predicted molar refractivity (Wildman–Crippen MR) is 68.0 cm³/mol. The molecule has 1 heterocycles. The molecule has 1 aromatic carbocycles. The van der Waals surface area contributed by atoms with Gasteiger partial charge in [-0.2, -0.15) is 5.26 Å². The van der Waals surface area contributed by atoms with Gasteiger partial charge in [0, 0.05) is 6.54 Å². The van der Waals surface area contributed by atoms with E-state index in [2.05, 4.69) is 6.07 Å². The standard InChI is InChI=1S/C14H18N2O2/c1-18-12-6-4-11(5-7-12)10-16-8-2-3-14(17)13(16)9-15/h4-7,13-14,17H,2-3,8,10H2,1H3/t13-,14+/m1/s1. The van der Waals surface area contributed by atoms with E-state index in [-0.39, 0.29) is 6.04 Å². The first-order valence-corrected chi connectivity index (χ1v) is 6.19. The summed E-state index contributed by atoms with van der Waals surface area (Å²) in [7, 11) is 1.64. The maximum Gasteiger partial charge on any atom is 0.124 e. The molecule has 4 heteroatoms. The van der Waals surface area contributed by atoms with Gasteiger partial charge in [-0.15, -0.1) is 0 Å². The number of nitriles is 1. The molecule has 0 amide bonds. The number of likely N-dealkylation sites (tertiary alicyclic amines) is 1. The molecule has 1 fully saturated rings. The molecule has 0 saturated carbocycles. The molecule has 0 radical (unpaired) electrons. The Hall–Kier alpha value is -1.57. The fourth-order valence-electron chi connectivity index (χ4n) is 2.35. The summed E-state index contributed by atoms with van der Waals surface area (Å²) < 4.78 is 5.11. The fraction of sp³-hybridized carbons (Fsp3) is 0.500. The Morgan fingerprint density at radius 3 is 2.78 bits per heavy atom. The summed E-state index contributed by atoms with van der Waals surface area (Å²) in [6.45, 7) is 1.56. The largest absolute Gasteiger partial charge is 0.497 e. The van der Waals surface area contributed by atoms with Crippen LogP contribution in [0.15, 0.2) is 24.3 Å². The highest BCUT2D eigenvalue weighted by Crippen LogP contribution is 2.20. The first kappa shape index (κ1) is 12.9. The monoisotopic (exact) mass is 246 g/mol. The van der Waals surface area contributed by atoms with E-state index in [0.717, 1.165) is 30.7 Å². The van der Waals surface area contributed by atoms with Gasteiger partial charge in [-0.1, -0.05) is 12.1 Å². The average Bonchev–Trinajstić information content (AvgIpc) is 2.40. The maximum atomic E-state index is 9.82.